The second kappa shape index (κ2) is 3.91. The SMILES string of the molecule is COC(=O)C1NCC(C)(C)c2ccccc21. The van der Waals surface area contributed by atoms with Gasteiger partial charge in [-0.3, -0.25) is 5.32 Å². The molecule has 1 aliphatic rings. The maximum Gasteiger partial charge on any atom is 0.327 e. The van der Waals surface area contributed by atoms with Gasteiger partial charge >= 0.3 is 5.97 Å². The number of rotatable bonds is 1. The van der Waals surface area contributed by atoms with Gasteiger partial charge in [0, 0.05) is 12.0 Å². The van der Waals surface area contributed by atoms with Crippen molar-refractivity contribution in [3.8, 4) is 0 Å². The van der Waals surface area contributed by atoms with Crippen LogP contribution in [0.5, 0.6) is 0 Å². The molecule has 1 heterocycles. The van der Waals surface area contributed by atoms with Gasteiger partial charge in [0.1, 0.15) is 6.04 Å². The van der Waals surface area contributed by atoms with Crippen LogP contribution in [0, 0.1) is 0 Å². The number of esters is 1. The summed E-state index contributed by atoms with van der Waals surface area (Å²) in [5.74, 6) is -0.219. The van der Waals surface area contributed by atoms with Crippen LogP contribution in [0.15, 0.2) is 24.3 Å². The second-order valence-corrected chi connectivity index (χ2v) is 4.81. The summed E-state index contributed by atoms with van der Waals surface area (Å²) in [6.07, 6.45) is 0. The Balaban J connectivity index is 2.47. The number of carbonyl (C=O) groups is 1. The summed E-state index contributed by atoms with van der Waals surface area (Å²) in [4.78, 5) is 11.7. The number of hydrogen-bond acceptors (Lipinski definition) is 3. The molecule has 0 spiro atoms. The van der Waals surface area contributed by atoms with Gasteiger partial charge in [-0.25, -0.2) is 4.79 Å². The van der Waals surface area contributed by atoms with Crippen molar-refractivity contribution >= 4 is 5.97 Å². The molecule has 1 aromatic rings. The molecule has 2 rings (SSSR count). The molecule has 0 radical (unpaired) electrons. The van der Waals surface area contributed by atoms with E-state index in [1.807, 2.05) is 18.2 Å². The largest absolute Gasteiger partial charge is 0.468 e. The maximum absolute atomic E-state index is 11.7. The molecule has 0 bridgehead atoms. The zero-order valence-electron chi connectivity index (χ0n) is 9.91. The molecule has 86 valence electrons. The van der Waals surface area contributed by atoms with Crippen molar-refractivity contribution in [2.75, 3.05) is 13.7 Å². The first-order valence-electron chi connectivity index (χ1n) is 5.47. The number of fused-ring (bicyclic) bond motifs is 1. The lowest BCUT2D eigenvalue weighted by Crippen LogP contribution is -2.44. The Morgan fingerprint density at radius 2 is 2.12 bits per heavy atom. The topological polar surface area (TPSA) is 38.3 Å². The number of carbonyl (C=O) groups excluding carboxylic acids is 1. The normalized spacial score (nSPS) is 22.3. The maximum atomic E-state index is 11.7. The lowest BCUT2D eigenvalue weighted by molar-refractivity contribution is -0.143. The molecular weight excluding hydrogens is 202 g/mol. The van der Waals surface area contributed by atoms with Crippen LogP contribution < -0.4 is 5.32 Å². The highest BCUT2D eigenvalue weighted by Gasteiger charge is 2.35. The predicted molar refractivity (Wildman–Crippen MR) is 62.2 cm³/mol. The summed E-state index contributed by atoms with van der Waals surface area (Å²) in [5.41, 5.74) is 2.32. The van der Waals surface area contributed by atoms with Crippen LogP contribution in [0.25, 0.3) is 0 Å². The minimum Gasteiger partial charge on any atom is -0.468 e. The highest BCUT2D eigenvalue weighted by molar-refractivity contribution is 5.78. The van der Waals surface area contributed by atoms with Crippen LogP contribution in [0.1, 0.15) is 31.0 Å². The molecule has 1 aromatic carbocycles. The van der Waals surface area contributed by atoms with Crippen molar-refractivity contribution < 1.29 is 9.53 Å². The minimum atomic E-state index is -0.325. The molecule has 1 unspecified atom stereocenters. The Labute approximate surface area is 95.8 Å². The van der Waals surface area contributed by atoms with Crippen molar-refractivity contribution in [2.24, 2.45) is 0 Å². The fourth-order valence-corrected chi connectivity index (χ4v) is 2.26. The smallest absolute Gasteiger partial charge is 0.327 e. The van der Waals surface area contributed by atoms with Crippen molar-refractivity contribution in [3.05, 3.63) is 35.4 Å². The molecule has 0 aliphatic carbocycles. The second-order valence-electron chi connectivity index (χ2n) is 4.81. The monoisotopic (exact) mass is 219 g/mol. The van der Waals surface area contributed by atoms with Gasteiger partial charge in [0.2, 0.25) is 0 Å². The van der Waals surface area contributed by atoms with Crippen LogP contribution in [0.3, 0.4) is 0 Å². The molecular formula is C13H17NO2. The number of nitrogens with one attached hydrogen (secondary N) is 1. The Kier molecular flexibility index (Phi) is 2.72. The lowest BCUT2D eigenvalue weighted by Gasteiger charge is -2.36. The van der Waals surface area contributed by atoms with Gasteiger partial charge in [0.05, 0.1) is 7.11 Å². The first-order valence-corrected chi connectivity index (χ1v) is 5.47. The zero-order chi connectivity index (χ0) is 11.8. The number of methoxy groups -OCH3 is 1. The number of benzene rings is 1. The Hall–Kier alpha value is -1.35. The number of ether oxygens (including phenoxy) is 1. The molecule has 16 heavy (non-hydrogen) atoms. The summed E-state index contributed by atoms with van der Waals surface area (Å²) in [5, 5.41) is 3.24. The van der Waals surface area contributed by atoms with E-state index < -0.39 is 0 Å². The average molecular weight is 219 g/mol. The molecule has 1 atom stereocenters. The van der Waals surface area contributed by atoms with E-state index >= 15 is 0 Å². The summed E-state index contributed by atoms with van der Waals surface area (Å²) in [6, 6.07) is 7.73. The summed E-state index contributed by atoms with van der Waals surface area (Å²) in [7, 11) is 1.42. The van der Waals surface area contributed by atoms with Crippen LogP contribution >= 0.6 is 0 Å². The Bertz CT molecular complexity index is 412. The molecule has 0 saturated heterocycles. The minimum absolute atomic E-state index is 0.0567. The van der Waals surface area contributed by atoms with Crippen LogP contribution in [0.4, 0.5) is 0 Å². The zero-order valence-corrected chi connectivity index (χ0v) is 9.91. The summed E-state index contributed by atoms with van der Waals surface area (Å²) in [6.45, 7) is 5.13. The first kappa shape index (κ1) is 11.1. The molecule has 3 heteroatoms. The third kappa shape index (κ3) is 1.71. The fraction of sp³-hybridized carbons (Fsp3) is 0.462. The van der Waals surface area contributed by atoms with Gasteiger partial charge in [0.15, 0.2) is 0 Å². The van der Waals surface area contributed by atoms with Crippen LogP contribution in [-0.4, -0.2) is 19.6 Å². The highest BCUT2D eigenvalue weighted by Crippen LogP contribution is 2.34. The predicted octanol–water partition coefficient (Wildman–Crippen LogP) is 1.78. The van der Waals surface area contributed by atoms with E-state index in [1.54, 1.807) is 0 Å². The average Bonchev–Trinajstić information content (AvgIpc) is 2.28. The van der Waals surface area contributed by atoms with Gasteiger partial charge in [-0.05, 0) is 11.1 Å². The Morgan fingerprint density at radius 1 is 1.44 bits per heavy atom. The highest BCUT2D eigenvalue weighted by atomic mass is 16.5. The van der Waals surface area contributed by atoms with E-state index in [1.165, 1.54) is 12.7 Å². The molecule has 3 nitrogen and oxygen atoms in total. The van der Waals surface area contributed by atoms with E-state index in [0.717, 1.165) is 12.1 Å². The van der Waals surface area contributed by atoms with Crippen LogP contribution in [-0.2, 0) is 14.9 Å². The third-order valence-electron chi connectivity index (χ3n) is 3.19. The molecule has 0 fully saturated rings. The molecule has 0 saturated carbocycles. The fourth-order valence-electron chi connectivity index (χ4n) is 2.26. The van der Waals surface area contributed by atoms with Gasteiger partial charge in [-0.1, -0.05) is 38.1 Å². The van der Waals surface area contributed by atoms with E-state index in [9.17, 15) is 4.79 Å². The third-order valence-corrected chi connectivity index (χ3v) is 3.19. The quantitative estimate of drug-likeness (QED) is 0.732. The van der Waals surface area contributed by atoms with Crippen LogP contribution in [0.2, 0.25) is 0 Å². The van der Waals surface area contributed by atoms with Crippen molar-refractivity contribution in [2.45, 2.75) is 25.3 Å². The molecule has 0 amide bonds. The summed E-state index contributed by atoms with van der Waals surface area (Å²) < 4.78 is 4.81. The van der Waals surface area contributed by atoms with Crippen molar-refractivity contribution in [1.82, 2.24) is 5.32 Å². The Morgan fingerprint density at radius 3 is 2.81 bits per heavy atom. The van der Waals surface area contributed by atoms with Gasteiger partial charge in [0.25, 0.3) is 0 Å². The van der Waals surface area contributed by atoms with Gasteiger partial charge in [-0.2, -0.15) is 0 Å². The first-order chi connectivity index (χ1) is 7.56. The van der Waals surface area contributed by atoms with Crippen molar-refractivity contribution in [1.29, 1.82) is 0 Å². The van der Waals surface area contributed by atoms with E-state index in [4.69, 9.17) is 4.74 Å². The van der Waals surface area contributed by atoms with E-state index in [0.29, 0.717) is 0 Å². The van der Waals surface area contributed by atoms with E-state index in [-0.39, 0.29) is 17.4 Å². The van der Waals surface area contributed by atoms with Gasteiger partial charge in [-0.15, -0.1) is 0 Å². The molecule has 1 N–H and O–H groups in total. The molecule has 1 aliphatic heterocycles. The van der Waals surface area contributed by atoms with Gasteiger partial charge < -0.3 is 4.74 Å². The molecule has 0 aromatic heterocycles. The van der Waals surface area contributed by atoms with E-state index in [2.05, 4.69) is 25.2 Å². The lowest BCUT2D eigenvalue weighted by atomic mass is 9.77. The standard InChI is InChI=1S/C13H17NO2/c1-13(2)8-14-11(12(15)16-3)9-6-4-5-7-10(9)13/h4-7,11,14H,8H2,1-3H3. The number of hydrogen-bond donors (Lipinski definition) is 1. The van der Waals surface area contributed by atoms with Crippen molar-refractivity contribution in [3.63, 3.8) is 0 Å². The summed E-state index contributed by atoms with van der Waals surface area (Å²) >= 11 is 0.